The third-order valence-corrected chi connectivity index (χ3v) is 6.39. The minimum atomic E-state index is -0.137. The number of likely N-dealkylation sites (tertiary alicyclic amines) is 1. The molecule has 2 heterocycles. The Hall–Kier alpha value is -2.90. The Morgan fingerprint density at radius 1 is 1.16 bits per heavy atom. The van der Waals surface area contributed by atoms with E-state index in [-0.39, 0.29) is 5.91 Å². The maximum absolute atomic E-state index is 12.6. The van der Waals surface area contributed by atoms with Gasteiger partial charge in [-0.15, -0.1) is 11.3 Å². The van der Waals surface area contributed by atoms with Crippen LogP contribution >= 0.6 is 11.3 Å². The van der Waals surface area contributed by atoms with Gasteiger partial charge in [-0.05, 0) is 81.5 Å². The van der Waals surface area contributed by atoms with Gasteiger partial charge in [0, 0.05) is 35.4 Å². The van der Waals surface area contributed by atoms with Gasteiger partial charge in [-0.2, -0.15) is 0 Å². The van der Waals surface area contributed by atoms with Gasteiger partial charge in [-0.25, -0.2) is 4.98 Å². The molecule has 7 heteroatoms. The van der Waals surface area contributed by atoms with Crippen molar-refractivity contribution in [2.24, 2.45) is 0 Å². The highest BCUT2D eigenvalue weighted by Crippen LogP contribution is 2.24. The van der Waals surface area contributed by atoms with Crippen LogP contribution in [0.2, 0.25) is 0 Å². The zero-order valence-corrected chi connectivity index (χ0v) is 18.8. The number of aromatic nitrogens is 1. The van der Waals surface area contributed by atoms with Gasteiger partial charge in [0.2, 0.25) is 0 Å². The maximum Gasteiger partial charge on any atom is 0.255 e. The Morgan fingerprint density at radius 3 is 2.52 bits per heavy atom. The van der Waals surface area contributed by atoms with Crippen molar-refractivity contribution >= 4 is 28.6 Å². The van der Waals surface area contributed by atoms with Gasteiger partial charge < -0.3 is 19.9 Å². The van der Waals surface area contributed by atoms with E-state index >= 15 is 0 Å². The second-order valence-electron chi connectivity index (χ2n) is 7.94. The number of hydrogen-bond acceptors (Lipinski definition) is 6. The Morgan fingerprint density at radius 2 is 1.87 bits per heavy atom. The van der Waals surface area contributed by atoms with Crippen LogP contribution in [0.1, 0.15) is 28.9 Å². The van der Waals surface area contributed by atoms with E-state index in [1.54, 1.807) is 41.1 Å². The fourth-order valence-corrected chi connectivity index (χ4v) is 4.29. The van der Waals surface area contributed by atoms with E-state index in [9.17, 15) is 4.79 Å². The molecule has 1 aromatic heterocycles. The van der Waals surface area contributed by atoms with Crippen LogP contribution in [0.3, 0.4) is 0 Å². The quantitative estimate of drug-likeness (QED) is 0.591. The first-order valence-electron chi connectivity index (χ1n) is 10.5. The summed E-state index contributed by atoms with van der Waals surface area (Å²) in [5.41, 5.74) is 5.24. The average molecular weight is 437 g/mol. The van der Waals surface area contributed by atoms with E-state index in [1.165, 1.54) is 18.5 Å². The van der Waals surface area contributed by atoms with Gasteiger partial charge in [0.25, 0.3) is 5.91 Å². The van der Waals surface area contributed by atoms with Crippen LogP contribution in [0, 0.1) is 0 Å². The summed E-state index contributed by atoms with van der Waals surface area (Å²) in [7, 11) is 4.33. The molecule has 0 bridgehead atoms. The van der Waals surface area contributed by atoms with E-state index in [0.29, 0.717) is 24.0 Å². The Labute approximate surface area is 187 Å². The largest absolute Gasteiger partial charge is 0.487 e. The van der Waals surface area contributed by atoms with Crippen LogP contribution in [0.15, 0.2) is 59.4 Å². The highest BCUT2D eigenvalue weighted by molar-refractivity contribution is 7.07. The lowest BCUT2D eigenvalue weighted by Gasteiger charge is -2.36. The second kappa shape index (κ2) is 9.94. The van der Waals surface area contributed by atoms with Crippen molar-refractivity contribution in [2.75, 3.05) is 37.4 Å². The minimum absolute atomic E-state index is 0.137. The van der Waals surface area contributed by atoms with Gasteiger partial charge in [-0.1, -0.05) is 0 Å². The zero-order chi connectivity index (χ0) is 21.6. The number of rotatable bonds is 7. The molecular formula is C24H28N4O2S. The summed E-state index contributed by atoms with van der Waals surface area (Å²) in [5, 5.41) is 4.93. The van der Waals surface area contributed by atoms with Crippen LogP contribution in [0.25, 0.3) is 0 Å². The number of amides is 1. The van der Waals surface area contributed by atoms with Crippen molar-refractivity contribution in [3.05, 3.63) is 70.7 Å². The summed E-state index contributed by atoms with van der Waals surface area (Å²) in [4.78, 5) is 21.5. The van der Waals surface area contributed by atoms with Crippen LogP contribution in [-0.2, 0) is 6.61 Å². The topological polar surface area (TPSA) is 57.7 Å². The molecule has 6 nitrogen and oxygen atoms in total. The summed E-state index contributed by atoms with van der Waals surface area (Å²) < 4.78 is 5.70. The molecule has 0 unspecified atom stereocenters. The molecule has 0 atom stereocenters. The number of ether oxygens (including phenoxy) is 1. The van der Waals surface area contributed by atoms with Gasteiger partial charge in [-0.3, -0.25) is 4.79 Å². The average Bonchev–Trinajstić information content (AvgIpc) is 3.32. The zero-order valence-electron chi connectivity index (χ0n) is 18.0. The van der Waals surface area contributed by atoms with E-state index in [1.807, 2.05) is 17.5 Å². The predicted octanol–water partition coefficient (Wildman–Crippen LogP) is 4.50. The summed E-state index contributed by atoms with van der Waals surface area (Å²) in [6.45, 7) is 2.70. The molecule has 4 rings (SSSR count). The van der Waals surface area contributed by atoms with Gasteiger partial charge in [0.15, 0.2) is 0 Å². The van der Waals surface area contributed by atoms with Crippen molar-refractivity contribution in [1.82, 2.24) is 9.88 Å². The number of thiazole rings is 1. The van der Waals surface area contributed by atoms with Crippen molar-refractivity contribution < 1.29 is 9.53 Å². The van der Waals surface area contributed by atoms with Gasteiger partial charge >= 0.3 is 0 Å². The van der Waals surface area contributed by atoms with Crippen molar-refractivity contribution in [2.45, 2.75) is 25.5 Å². The monoisotopic (exact) mass is 436 g/mol. The Balaban J connectivity index is 1.31. The van der Waals surface area contributed by atoms with E-state index in [4.69, 9.17) is 4.74 Å². The minimum Gasteiger partial charge on any atom is -0.487 e. The molecule has 162 valence electrons. The smallest absolute Gasteiger partial charge is 0.255 e. The molecular weight excluding hydrogens is 408 g/mol. The number of carbonyl (C=O) groups is 1. The normalized spacial score (nSPS) is 14.9. The van der Waals surface area contributed by atoms with Crippen LogP contribution in [-0.4, -0.2) is 49.0 Å². The lowest BCUT2D eigenvalue weighted by atomic mass is 10.0. The summed E-state index contributed by atoms with van der Waals surface area (Å²) in [5.74, 6) is 0.577. The lowest BCUT2D eigenvalue weighted by molar-refractivity contribution is 0.102. The summed E-state index contributed by atoms with van der Waals surface area (Å²) >= 11 is 1.54. The van der Waals surface area contributed by atoms with Gasteiger partial charge in [0.05, 0.1) is 11.2 Å². The molecule has 0 saturated carbocycles. The molecule has 1 saturated heterocycles. The third kappa shape index (κ3) is 5.62. The van der Waals surface area contributed by atoms with Crippen LogP contribution in [0.5, 0.6) is 5.75 Å². The molecule has 0 spiro atoms. The SMILES string of the molecule is CN1CCC(N(C)c2ccc(NC(=O)c3ccc(OCc4cscn4)cc3)cc2)CC1. The van der Waals surface area contributed by atoms with E-state index < -0.39 is 0 Å². The van der Waals surface area contributed by atoms with E-state index in [0.717, 1.165) is 24.5 Å². The number of benzene rings is 2. The van der Waals surface area contributed by atoms with Gasteiger partial charge in [0.1, 0.15) is 12.4 Å². The third-order valence-electron chi connectivity index (χ3n) is 5.75. The van der Waals surface area contributed by atoms with Crippen molar-refractivity contribution in [3.8, 4) is 5.75 Å². The molecule has 3 aromatic rings. The number of hydrogen-bond donors (Lipinski definition) is 1. The van der Waals surface area contributed by atoms with Crippen molar-refractivity contribution in [1.29, 1.82) is 0 Å². The maximum atomic E-state index is 12.6. The fraction of sp³-hybridized carbons (Fsp3) is 0.333. The van der Waals surface area contributed by atoms with E-state index in [2.05, 4.69) is 46.3 Å². The lowest BCUT2D eigenvalue weighted by Crippen LogP contribution is -2.41. The molecule has 0 radical (unpaired) electrons. The molecule has 1 amide bonds. The number of nitrogens with zero attached hydrogens (tertiary/aromatic N) is 3. The Kier molecular flexibility index (Phi) is 6.84. The van der Waals surface area contributed by atoms with Crippen molar-refractivity contribution in [3.63, 3.8) is 0 Å². The van der Waals surface area contributed by atoms with Crippen LogP contribution < -0.4 is 15.0 Å². The summed E-state index contributed by atoms with van der Waals surface area (Å²) in [6.07, 6.45) is 2.35. The fourth-order valence-electron chi connectivity index (χ4n) is 3.74. The number of carbonyl (C=O) groups excluding carboxylic acids is 1. The summed E-state index contributed by atoms with van der Waals surface area (Å²) in [6, 6.07) is 15.8. The van der Waals surface area contributed by atoms with Crippen LogP contribution in [0.4, 0.5) is 11.4 Å². The highest BCUT2D eigenvalue weighted by atomic mass is 32.1. The number of nitrogens with one attached hydrogen (secondary N) is 1. The molecule has 0 aliphatic carbocycles. The molecule has 31 heavy (non-hydrogen) atoms. The molecule has 2 aromatic carbocycles. The molecule has 1 aliphatic rings. The first-order valence-corrected chi connectivity index (χ1v) is 11.5. The molecule has 1 aliphatic heterocycles. The molecule has 1 N–H and O–H groups in total. The second-order valence-corrected chi connectivity index (χ2v) is 8.66. The molecule has 1 fully saturated rings. The first kappa shape index (κ1) is 21.3. The number of piperidine rings is 1. The Bertz CT molecular complexity index is 966. The number of anilines is 2. The highest BCUT2D eigenvalue weighted by Gasteiger charge is 2.20. The standard InChI is InChI=1S/C24H28N4O2S/c1-27-13-11-22(12-14-27)28(2)21-7-5-19(6-8-21)26-24(29)18-3-9-23(10-4-18)30-15-20-16-31-17-25-20/h3-10,16-17,22H,11-15H2,1-2H3,(H,26,29). The first-order chi connectivity index (χ1) is 15.1. The predicted molar refractivity (Wildman–Crippen MR) is 126 cm³/mol.